The molecule has 0 saturated carbocycles. The maximum absolute atomic E-state index is 13.7. The summed E-state index contributed by atoms with van der Waals surface area (Å²) in [6.45, 7) is 4.06. The highest BCUT2D eigenvalue weighted by molar-refractivity contribution is 5.97. The summed E-state index contributed by atoms with van der Waals surface area (Å²) >= 11 is 0. The zero-order valence-electron chi connectivity index (χ0n) is 49.5. The summed E-state index contributed by atoms with van der Waals surface area (Å²) in [7, 11) is 1.67. The van der Waals surface area contributed by atoms with Gasteiger partial charge in [-0.1, -0.05) is 46.5 Å². The Morgan fingerprint density at radius 2 is 0.726 bits per heavy atom. The summed E-state index contributed by atoms with van der Waals surface area (Å²) in [5.41, 5.74) is -1.53. The summed E-state index contributed by atoms with van der Waals surface area (Å²) in [4.78, 5) is 65.5. The van der Waals surface area contributed by atoms with Crippen LogP contribution in [0.4, 0.5) is 0 Å². The molecule has 3 fully saturated rings. The number of carbonyl (C=O) groups excluding carboxylic acids is 5. The zero-order valence-corrected chi connectivity index (χ0v) is 49.5. The number of ether oxygens (including phenoxy) is 10. The lowest BCUT2D eigenvalue weighted by atomic mass is 9.92. The predicted octanol–water partition coefficient (Wildman–Crippen LogP) is -3.65. The molecule has 0 bridgehead atoms. The third-order valence-corrected chi connectivity index (χ3v) is 14.7. The van der Waals surface area contributed by atoms with Gasteiger partial charge in [-0.25, -0.2) is 0 Å². The Morgan fingerprint density at radius 3 is 1.07 bits per heavy atom. The number of methoxy groups -OCH3 is 1. The lowest BCUT2D eigenvalue weighted by molar-refractivity contribution is -0.282. The van der Waals surface area contributed by atoms with Crippen molar-refractivity contribution < 1.29 is 117 Å². The average Bonchev–Trinajstić information content (AvgIpc) is 3.44. The Morgan fingerprint density at radius 1 is 0.405 bits per heavy atom. The molecule has 0 aromatic rings. The van der Waals surface area contributed by atoms with Gasteiger partial charge in [0.25, 0.3) is 0 Å². The molecule has 3 heterocycles. The van der Waals surface area contributed by atoms with Crippen molar-refractivity contribution in [2.24, 2.45) is 17.8 Å². The number of carbonyl (C=O) groups is 5. The summed E-state index contributed by atoms with van der Waals surface area (Å²) in [5.74, 6) is -4.13. The maximum atomic E-state index is 13.7. The molecule has 6 unspecified atom stereocenters. The van der Waals surface area contributed by atoms with Gasteiger partial charge in [0.05, 0.1) is 97.6 Å². The molecule has 3 aliphatic rings. The number of aliphatic hydroxyl groups is 9. The van der Waals surface area contributed by atoms with Crippen LogP contribution < -0.4 is 26.6 Å². The summed E-state index contributed by atoms with van der Waals surface area (Å²) in [5, 5.41) is 104. The molecule has 490 valence electrons. The van der Waals surface area contributed by atoms with E-state index in [1.165, 1.54) is 0 Å². The van der Waals surface area contributed by atoms with E-state index in [9.17, 15) is 69.9 Å². The summed E-state index contributed by atoms with van der Waals surface area (Å²) < 4.78 is 57.0. The first-order valence-corrected chi connectivity index (χ1v) is 29.6. The van der Waals surface area contributed by atoms with Crippen molar-refractivity contribution >= 4 is 29.5 Å². The summed E-state index contributed by atoms with van der Waals surface area (Å²) in [6.07, 6.45) is -7.24. The van der Waals surface area contributed by atoms with Crippen LogP contribution in [0.5, 0.6) is 0 Å². The highest BCUT2D eigenvalue weighted by atomic mass is 16.7. The van der Waals surface area contributed by atoms with E-state index in [0.29, 0.717) is 38.8 Å². The van der Waals surface area contributed by atoms with Crippen molar-refractivity contribution in [3.8, 4) is 0 Å². The lowest BCUT2D eigenvalue weighted by Crippen LogP contribution is -2.59. The van der Waals surface area contributed by atoms with E-state index in [1.54, 1.807) is 27.9 Å². The Kier molecular flexibility index (Phi) is 37.8. The van der Waals surface area contributed by atoms with E-state index in [4.69, 9.17) is 47.4 Å². The molecule has 84 heavy (non-hydrogen) atoms. The van der Waals surface area contributed by atoms with E-state index in [1.807, 2.05) is 0 Å². The number of rotatable bonds is 45. The monoisotopic (exact) mass is 1220 g/mol. The van der Waals surface area contributed by atoms with Crippen LogP contribution in [-0.4, -0.2) is 274 Å². The van der Waals surface area contributed by atoms with Gasteiger partial charge < -0.3 is 120 Å². The SMILES string of the molecule is COCCCCCCCCNC(=O)CC(=O)NC(COCCC(=O)NCCCO[C@@H]1OC(CO)[C@H](O)[C@H](O)C1C)(COCCC(=O)NCCCO[C@@H]1OC(CO)[C@H](O)[C@H](O)C1C)COCCC(=O)NCCCO[C@@H]1OC(CO)[C@H](O)[C@H](O)C1C. The topological polar surface area (TPSA) is 420 Å². The summed E-state index contributed by atoms with van der Waals surface area (Å²) in [6, 6.07) is 0. The minimum atomic E-state index is -1.53. The molecular weight excluding hydrogens is 1110 g/mol. The molecule has 5 amide bonds. The third kappa shape index (κ3) is 27.7. The maximum Gasteiger partial charge on any atom is 0.230 e. The van der Waals surface area contributed by atoms with E-state index in [-0.39, 0.29) is 116 Å². The Balaban J connectivity index is 1.61. The third-order valence-electron chi connectivity index (χ3n) is 14.7. The molecule has 3 rings (SSSR count). The number of amides is 5. The molecular formula is C55H101N5O24. The van der Waals surface area contributed by atoms with Crippen LogP contribution in [0.15, 0.2) is 0 Å². The lowest BCUT2D eigenvalue weighted by Gasteiger charge is -2.40. The van der Waals surface area contributed by atoms with Crippen molar-refractivity contribution in [1.82, 2.24) is 26.6 Å². The fourth-order valence-corrected chi connectivity index (χ4v) is 9.38. The van der Waals surface area contributed by atoms with Gasteiger partial charge in [0.2, 0.25) is 29.5 Å². The van der Waals surface area contributed by atoms with Gasteiger partial charge in [0, 0.05) is 76.9 Å². The Bertz CT molecular complexity index is 1670. The van der Waals surface area contributed by atoms with Gasteiger partial charge in [-0.05, 0) is 32.1 Å². The number of aliphatic hydroxyl groups excluding tert-OH is 9. The molecule has 0 radical (unpaired) electrons. The fourth-order valence-electron chi connectivity index (χ4n) is 9.38. The van der Waals surface area contributed by atoms with Gasteiger partial charge in [0.15, 0.2) is 18.9 Å². The smallest absolute Gasteiger partial charge is 0.230 e. The number of hydrogen-bond acceptors (Lipinski definition) is 24. The van der Waals surface area contributed by atoms with E-state index >= 15 is 0 Å². The molecule has 29 heteroatoms. The van der Waals surface area contributed by atoms with Gasteiger partial charge in [-0.3, -0.25) is 24.0 Å². The number of hydrogen-bond donors (Lipinski definition) is 14. The normalized spacial score (nSPS) is 28.7. The largest absolute Gasteiger partial charge is 0.394 e. The standard InChI is InChI=1S/C55H101N5O24/c1-35-46(69)49(72)38(29-61)82-52(35)79-22-11-18-56-41(64)14-25-76-32-55(60-45(68)28-44(67)59-17-9-7-5-6-8-10-21-75-4,33-77-26-15-42(65)57-19-12-23-80-53-36(2)47(70)50(73)39(30-62)83-53)34-78-27-16-43(66)58-20-13-24-81-54-37(3)48(71)51(74)40(31-63)84-54/h35-40,46-54,61-63,69-74H,5-34H2,1-4H3,(H,56,64)(H,57,65)(H,58,66)(H,59,67)(H,60,68)/t35?,36?,37?,38?,39?,40?,46-,47-,48-,49+,50+,51+,52-,53-,54-,55?/m1/s1. The Hall–Kier alpha value is -3.41. The van der Waals surface area contributed by atoms with E-state index < -0.39 is 135 Å². The van der Waals surface area contributed by atoms with Crippen molar-refractivity contribution in [2.75, 3.05) is 119 Å². The number of nitrogens with one attached hydrogen (secondary N) is 5. The molecule has 0 aliphatic carbocycles. The van der Waals surface area contributed by atoms with Crippen molar-refractivity contribution in [3.05, 3.63) is 0 Å². The zero-order chi connectivity index (χ0) is 61.9. The van der Waals surface area contributed by atoms with Gasteiger partial charge >= 0.3 is 0 Å². The van der Waals surface area contributed by atoms with Crippen LogP contribution >= 0.6 is 0 Å². The van der Waals surface area contributed by atoms with Gasteiger partial charge in [-0.2, -0.15) is 0 Å². The van der Waals surface area contributed by atoms with Crippen molar-refractivity contribution in [3.63, 3.8) is 0 Å². The number of unbranched alkanes of at least 4 members (excludes halogenated alkanes) is 5. The van der Waals surface area contributed by atoms with Crippen LogP contribution in [0.3, 0.4) is 0 Å². The molecule has 3 saturated heterocycles. The van der Waals surface area contributed by atoms with E-state index in [0.717, 1.165) is 32.1 Å². The molecule has 0 aromatic heterocycles. The van der Waals surface area contributed by atoms with E-state index in [2.05, 4.69) is 26.6 Å². The van der Waals surface area contributed by atoms with Crippen LogP contribution in [0, 0.1) is 17.8 Å². The van der Waals surface area contributed by atoms with Gasteiger partial charge in [0.1, 0.15) is 48.6 Å². The quantitative estimate of drug-likeness (QED) is 0.0206. The molecule has 15 atom stereocenters. The predicted molar refractivity (Wildman–Crippen MR) is 296 cm³/mol. The van der Waals surface area contributed by atoms with Crippen LogP contribution in [-0.2, 0) is 71.3 Å². The fraction of sp³-hybridized carbons (Fsp3) is 0.909. The molecule has 14 N–H and O–H groups in total. The second kappa shape index (κ2) is 42.5. The first-order valence-electron chi connectivity index (χ1n) is 29.6. The van der Waals surface area contributed by atoms with Crippen molar-refractivity contribution in [2.45, 2.75) is 184 Å². The average molecular weight is 1220 g/mol. The second-order valence-electron chi connectivity index (χ2n) is 21.8. The molecule has 3 aliphatic heterocycles. The second-order valence-corrected chi connectivity index (χ2v) is 21.8. The Labute approximate surface area is 492 Å². The minimum Gasteiger partial charge on any atom is -0.394 e. The van der Waals surface area contributed by atoms with Crippen molar-refractivity contribution in [1.29, 1.82) is 0 Å². The minimum absolute atomic E-state index is 0.120. The first-order chi connectivity index (χ1) is 40.3. The highest BCUT2D eigenvalue weighted by Gasteiger charge is 2.45. The van der Waals surface area contributed by atoms with Crippen LogP contribution in [0.2, 0.25) is 0 Å². The molecule has 29 nitrogen and oxygen atoms in total. The molecule has 0 spiro atoms. The van der Waals surface area contributed by atoms with Gasteiger partial charge in [-0.15, -0.1) is 0 Å². The molecule has 0 aromatic carbocycles. The first kappa shape index (κ1) is 74.8. The highest BCUT2D eigenvalue weighted by Crippen LogP contribution is 2.29. The van der Waals surface area contributed by atoms with Crippen LogP contribution in [0.1, 0.15) is 104 Å². The van der Waals surface area contributed by atoms with Crippen LogP contribution in [0.25, 0.3) is 0 Å².